The predicted molar refractivity (Wildman–Crippen MR) is 73.5 cm³/mol. The Morgan fingerprint density at radius 2 is 1.89 bits per heavy atom. The highest BCUT2D eigenvalue weighted by molar-refractivity contribution is 6.33. The molecule has 1 aromatic rings. The standard InChI is InChI=1S/C13H19ClN4O/c1-9-11(12(14)16(2)15-9)13(19)18-7-5-17(6-8-18)10-3-4-10/h10H,3-8H2,1-2H3. The maximum absolute atomic E-state index is 12.5. The first-order valence-corrected chi connectivity index (χ1v) is 7.18. The maximum atomic E-state index is 12.5. The van der Waals surface area contributed by atoms with E-state index in [0.717, 1.165) is 32.2 Å². The van der Waals surface area contributed by atoms with Crippen molar-refractivity contribution < 1.29 is 4.79 Å². The van der Waals surface area contributed by atoms with Crippen LogP contribution >= 0.6 is 11.6 Å². The molecule has 1 saturated carbocycles. The number of nitrogens with zero attached hydrogens (tertiary/aromatic N) is 4. The van der Waals surface area contributed by atoms with E-state index in [-0.39, 0.29) is 5.91 Å². The number of carbonyl (C=O) groups is 1. The monoisotopic (exact) mass is 282 g/mol. The van der Waals surface area contributed by atoms with Crippen LogP contribution in [0.5, 0.6) is 0 Å². The Hall–Kier alpha value is -1.07. The molecule has 1 amide bonds. The Labute approximate surface area is 118 Å². The third-order valence-electron chi connectivity index (χ3n) is 4.03. The molecule has 5 nitrogen and oxygen atoms in total. The summed E-state index contributed by atoms with van der Waals surface area (Å²) in [7, 11) is 1.76. The fourth-order valence-corrected chi connectivity index (χ4v) is 3.02. The van der Waals surface area contributed by atoms with Crippen LogP contribution in [-0.2, 0) is 7.05 Å². The smallest absolute Gasteiger partial charge is 0.258 e. The van der Waals surface area contributed by atoms with Gasteiger partial charge in [0.05, 0.1) is 11.3 Å². The molecule has 104 valence electrons. The van der Waals surface area contributed by atoms with Crippen molar-refractivity contribution in [1.29, 1.82) is 0 Å². The van der Waals surface area contributed by atoms with Gasteiger partial charge in [-0.15, -0.1) is 0 Å². The van der Waals surface area contributed by atoms with Gasteiger partial charge in [-0.3, -0.25) is 14.4 Å². The van der Waals surface area contributed by atoms with Crippen molar-refractivity contribution in [2.75, 3.05) is 26.2 Å². The fourth-order valence-electron chi connectivity index (χ4n) is 2.76. The summed E-state index contributed by atoms with van der Waals surface area (Å²) >= 11 is 6.16. The molecular formula is C13H19ClN4O. The Morgan fingerprint density at radius 1 is 1.26 bits per heavy atom. The van der Waals surface area contributed by atoms with E-state index in [9.17, 15) is 4.79 Å². The molecule has 0 radical (unpaired) electrons. The number of amides is 1. The fraction of sp³-hybridized carbons (Fsp3) is 0.692. The van der Waals surface area contributed by atoms with Crippen LogP contribution in [0.25, 0.3) is 0 Å². The summed E-state index contributed by atoms with van der Waals surface area (Å²) in [6.07, 6.45) is 2.64. The van der Waals surface area contributed by atoms with E-state index >= 15 is 0 Å². The lowest BCUT2D eigenvalue weighted by atomic mass is 10.2. The van der Waals surface area contributed by atoms with Crippen molar-refractivity contribution in [2.24, 2.45) is 7.05 Å². The average molecular weight is 283 g/mol. The largest absolute Gasteiger partial charge is 0.336 e. The second kappa shape index (κ2) is 4.80. The first-order chi connectivity index (χ1) is 9.08. The highest BCUT2D eigenvalue weighted by Crippen LogP contribution is 2.28. The summed E-state index contributed by atoms with van der Waals surface area (Å²) in [6.45, 7) is 5.38. The molecule has 0 spiro atoms. The molecule has 1 aliphatic carbocycles. The van der Waals surface area contributed by atoms with Crippen molar-refractivity contribution in [1.82, 2.24) is 19.6 Å². The number of hydrogen-bond donors (Lipinski definition) is 0. The zero-order valence-electron chi connectivity index (χ0n) is 11.4. The summed E-state index contributed by atoms with van der Waals surface area (Å²) in [5.41, 5.74) is 1.27. The molecule has 3 rings (SSSR count). The molecule has 2 heterocycles. The van der Waals surface area contributed by atoms with Gasteiger partial charge in [0, 0.05) is 39.3 Å². The van der Waals surface area contributed by atoms with Crippen molar-refractivity contribution in [3.8, 4) is 0 Å². The zero-order valence-corrected chi connectivity index (χ0v) is 12.2. The second-order valence-electron chi connectivity index (χ2n) is 5.43. The van der Waals surface area contributed by atoms with Gasteiger partial charge >= 0.3 is 0 Å². The van der Waals surface area contributed by atoms with Crippen LogP contribution in [0.15, 0.2) is 0 Å². The minimum atomic E-state index is 0.0195. The molecular weight excluding hydrogens is 264 g/mol. The van der Waals surface area contributed by atoms with Crippen molar-refractivity contribution >= 4 is 17.5 Å². The normalized spacial score (nSPS) is 20.9. The number of aromatic nitrogens is 2. The van der Waals surface area contributed by atoms with Gasteiger partial charge in [0.25, 0.3) is 5.91 Å². The molecule has 0 N–H and O–H groups in total. The molecule has 1 saturated heterocycles. The van der Waals surface area contributed by atoms with Gasteiger partial charge in [-0.05, 0) is 19.8 Å². The van der Waals surface area contributed by atoms with Gasteiger partial charge in [0.15, 0.2) is 0 Å². The quantitative estimate of drug-likeness (QED) is 0.821. The number of carbonyl (C=O) groups excluding carboxylic acids is 1. The lowest BCUT2D eigenvalue weighted by Crippen LogP contribution is -2.49. The number of aryl methyl sites for hydroxylation is 2. The van der Waals surface area contributed by atoms with E-state index in [0.29, 0.717) is 16.4 Å². The van der Waals surface area contributed by atoms with Crippen LogP contribution < -0.4 is 0 Å². The lowest BCUT2D eigenvalue weighted by Gasteiger charge is -2.34. The molecule has 1 aromatic heterocycles. The van der Waals surface area contributed by atoms with Gasteiger partial charge in [-0.25, -0.2) is 0 Å². The number of halogens is 1. The van der Waals surface area contributed by atoms with Crippen molar-refractivity contribution in [3.05, 3.63) is 16.4 Å². The van der Waals surface area contributed by atoms with Crippen LogP contribution in [-0.4, -0.2) is 57.7 Å². The highest BCUT2D eigenvalue weighted by atomic mass is 35.5. The van der Waals surface area contributed by atoms with Gasteiger partial charge < -0.3 is 4.90 Å². The summed E-state index contributed by atoms with van der Waals surface area (Å²) in [4.78, 5) is 16.9. The van der Waals surface area contributed by atoms with Crippen molar-refractivity contribution in [3.63, 3.8) is 0 Å². The molecule has 0 unspecified atom stereocenters. The van der Waals surface area contributed by atoms with Crippen LogP contribution in [0.3, 0.4) is 0 Å². The molecule has 6 heteroatoms. The SMILES string of the molecule is Cc1nn(C)c(Cl)c1C(=O)N1CCN(C2CC2)CC1. The van der Waals surface area contributed by atoms with Crippen LogP contribution in [0.1, 0.15) is 28.9 Å². The van der Waals surface area contributed by atoms with E-state index in [4.69, 9.17) is 11.6 Å². The van der Waals surface area contributed by atoms with Crippen LogP contribution in [0.2, 0.25) is 5.15 Å². The first kappa shape index (κ1) is 12.9. The Balaban J connectivity index is 1.70. The summed E-state index contributed by atoms with van der Waals surface area (Å²) in [5, 5.41) is 4.64. The van der Waals surface area contributed by atoms with Gasteiger partial charge in [0.1, 0.15) is 5.15 Å². The summed E-state index contributed by atoms with van der Waals surface area (Å²) < 4.78 is 1.56. The van der Waals surface area contributed by atoms with E-state index in [1.54, 1.807) is 11.7 Å². The molecule has 2 aliphatic rings. The van der Waals surface area contributed by atoms with Crippen LogP contribution in [0, 0.1) is 6.92 Å². The maximum Gasteiger partial charge on any atom is 0.258 e. The third-order valence-corrected chi connectivity index (χ3v) is 4.46. The number of piperazine rings is 1. The van der Waals surface area contributed by atoms with Crippen molar-refractivity contribution in [2.45, 2.75) is 25.8 Å². The Bertz CT molecular complexity index is 501. The molecule has 2 fully saturated rings. The highest BCUT2D eigenvalue weighted by Gasteiger charge is 2.33. The Morgan fingerprint density at radius 3 is 2.37 bits per heavy atom. The third kappa shape index (κ3) is 2.37. The van der Waals surface area contributed by atoms with Gasteiger partial charge in [0.2, 0.25) is 0 Å². The van der Waals surface area contributed by atoms with Gasteiger partial charge in [-0.1, -0.05) is 11.6 Å². The minimum absolute atomic E-state index is 0.0195. The number of rotatable bonds is 2. The van der Waals surface area contributed by atoms with E-state index in [1.165, 1.54) is 12.8 Å². The van der Waals surface area contributed by atoms with E-state index in [2.05, 4.69) is 10.00 Å². The molecule has 0 atom stereocenters. The number of hydrogen-bond acceptors (Lipinski definition) is 3. The topological polar surface area (TPSA) is 41.4 Å². The van der Waals surface area contributed by atoms with Gasteiger partial charge in [-0.2, -0.15) is 5.10 Å². The molecule has 0 bridgehead atoms. The first-order valence-electron chi connectivity index (χ1n) is 6.80. The second-order valence-corrected chi connectivity index (χ2v) is 5.79. The van der Waals surface area contributed by atoms with E-state index in [1.807, 2.05) is 11.8 Å². The summed E-state index contributed by atoms with van der Waals surface area (Å²) in [5.74, 6) is 0.0195. The predicted octanol–water partition coefficient (Wildman–Crippen LogP) is 1.30. The van der Waals surface area contributed by atoms with E-state index < -0.39 is 0 Å². The van der Waals surface area contributed by atoms with Crippen LogP contribution in [0.4, 0.5) is 0 Å². The molecule has 1 aliphatic heterocycles. The minimum Gasteiger partial charge on any atom is -0.336 e. The zero-order chi connectivity index (χ0) is 13.6. The molecule has 19 heavy (non-hydrogen) atoms. The Kier molecular flexibility index (Phi) is 3.27. The average Bonchev–Trinajstić information content (AvgIpc) is 3.19. The lowest BCUT2D eigenvalue weighted by molar-refractivity contribution is 0.0626. The molecule has 0 aromatic carbocycles. The summed E-state index contributed by atoms with van der Waals surface area (Å²) in [6, 6.07) is 0.779.